The van der Waals surface area contributed by atoms with Gasteiger partial charge in [0.1, 0.15) is 22.8 Å². The number of carbonyl (C=O) groups excluding carboxylic acids is 1. The number of nitrogens with zero attached hydrogens (tertiary/aromatic N) is 1. The number of phenols is 2. The molecule has 0 spiro atoms. The highest BCUT2D eigenvalue weighted by Gasteiger charge is 2.46. The van der Waals surface area contributed by atoms with Crippen LogP contribution < -0.4 is 4.74 Å². The number of fused-ring (bicyclic) bond motifs is 3. The number of amides is 1. The van der Waals surface area contributed by atoms with E-state index in [2.05, 4.69) is 32.9 Å². The Morgan fingerprint density at radius 2 is 1.82 bits per heavy atom. The van der Waals surface area contributed by atoms with Crippen LogP contribution in [0, 0.1) is 0 Å². The largest absolute Gasteiger partial charge is 0.508 e. The number of benzene rings is 2. The minimum atomic E-state index is -1.29. The van der Waals surface area contributed by atoms with E-state index in [1.807, 2.05) is 6.92 Å². The summed E-state index contributed by atoms with van der Waals surface area (Å²) in [5, 5.41) is 41.4. The second kappa shape index (κ2) is 11.1. The summed E-state index contributed by atoms with van der Waals surface area (Å²) in [4.78, 5) is 26.9. The fraction of sp³-hybridized carbons (Fsp3) is 0.419. The molecule has 0 radical (unpaired) electrons. The molecule has 0 bridgehead atoms. The number of rotatable bonds is 9. The molecule has 8 heteroatoms. The van der Waals surface area contributed by atoms with Gasteiger partial charge in [-0.15, -0.1) is 0 Å². The average molecular weight is 536 g/mol. The third-order valence-electron chi connectivity index (χ3n) is 7.70. The van der Waals surface area contributed by atoms with Crippen LogP contribution in [0.15, 0.2) is 53.6 Å². The lowest BCUT2D eigenvalue weighted by molar-refractivity contribution is -0.142. The van der Waals surface area contributed by atoms with Crippen LogP contribution in [0.3, 0.4) is 0 Å². The molecular weight excluding hydrogens is 498 g/mol. The Morgan fingerprint density at radius 3 is 2.46 bits per heavy atom. The number of aromatic hydroxyl groups is 2. The molecule has 2 aliphatic heterocycles. The van der Waals surface area contributed by atoms with Gasteiger partial charge in [0.15, 0.2) is 6.04 Å². The maximum Gasteiger partial charge on any atom is 0.331 e. The molecule has 2 aromatic carbocycles. The van der Waals surface area contributed by atoms with Gasteiger partial charge in [-0.2, -0.15) is 0 Å². The van der Waals surface area contributed by atoms with Crippen LogP contribution in [0.1, 0.15) is 86.5 Å². The topological polar surface area (TPSA) is 128 Å². The first kappa shape index (κ1) is 28.2. The standard InChI is InChI=1S/C31H37NO7/c1-18(2)7-5-8-19(3)9-6-14-31(4)26(35)16-23-25(34)15-22-24(28(23)39-31)17-32(29(22)36)27(30(37)38)20-10-12-21(33)13-11-20/h7,9-13,15,26-27,33-35H,5-6,8,14,16-17H2,1-4H3,(H,37,38)/b19-9+/t26-,27-,31-/m0/s1. The number of ether oxygens (including phenoxy) is 1. The highest BCUT2D eigenvalue weighted by molar-refractivity contribution is 6.02. The Hall–Kier alpha value is -3.78. The Balaban J connectivity index is 1.59. The summed E-state index contributed by atoms with van der Waals surface area (Å²) in [6.45, 7) is 8.05. The van der Waals surface area contributed by atoms with Gasteiger partial charge in [-0.25, -0.2) is 4.79 Å². The quantitative estimate of drug-likeness (QED) is 0.316. The lowest BCUT2D eigenvalue weighted by Crippen LogP contribution is -2.49. The van der Waals surface area contributed by atoms with Crippen molar-refractivity contribution in [3.8, 4) is 17.2 Å². The molecule has 1 amide bonds. The van der Waals surface area contributed by atoms with Gasteiger partial charge in [-0.05, 0) is 77.1 Å². The first-order chi connectivity index (χ1) is 18.4. The first-order valence-electron chi connectivity index (χ1n) is 13.3. The van der Waals surface area contributed by atoms with Gasteiger partial charge in [-0.1, -0.05) is 35.4 Å². The van der Waals surface area contributed by atoms with Gasteiger partial charge in [0, 0.05) is 17.5 Å². The number of aliphatic hydroxyl groups is 1. The number of phenolic OH excluding ortho intramolecular Hbond substituents is 2. The normalized spacial score (nSPS) is 21.2. The van der Waals surface area contributed by atoms with Crippen LogP contribution >= 0.6 is 0 Å². The summed E-state index contributed by atoms with van der Waals surface area (Å²) >= 11 is 0. The molecule has 208 valence electrons. The van der Waals surface area contributed by atoms with Crippen LogP contribution in [0.5, 0.6) is 17.2 Å². The second-order valence-electron chi connectivity index (χ2n) is 11.0. The number of carboxylic acids is 1. The van der Waals surface area contributed by atoms with Crippen molar-refractivity contribution in [2.45, 2.75) is 84.1 Å². The highest BCUT2D eigenvalue weighted by Crippen LogP contribution is 2.47. The predicted octanol–water partition coefficient (Wildman–Crippen LogP) is 5.41. The number of aliphatic hydroxyl groups excluding tert-OH is 1. The smallest absolute Gasteiger partial charge is 0.331 e. The summed E-state index contributed by atoms with van der Waals surface area (Å²) in [6, 6.07) is 5.74. The molecule has 39 heavy (non-hydrogen) atoms. The molecule has 2 aromatic rings. The van der Waals surface area contributed by atoms with E-state index in [1.165, 1.54) is 46.4 Å². The van der Waals surface area contributed by atoms with E-state index >= 15 is 0 Å². The molecule has 0 fully saturated rings. The fourth-order valence-electron chi connectivity index (χ4n) is 5.34. The average Bonchev–Trinajstić information content (AvgIpc) is 3.17. The van der Waals surface area contributed by atoms with Crippen molar-refractivity contribution in [3.05, 3.63) is 75.9 Å². The van der Waals surface area contributed by atoms with Crippen molar-refractivity contribution in [2.75, 3.05) is 0 Å². The molecule has 8 nitrogen and oxygen atoms in total. The Bertz CT molecular complexity index is 1320. The van der Waals surface area contributed by atoms with Crippen LogP contribution in [0.25, 0.3) is 0 Å². The monoisotopic (exact) mass is 535 g/mol. The molecule has 0 unspecified atom stereocenters. The molecule has 0 saturated heterocycles. The van der Waals surface area contributed by atoms with Crippen molar-refractivity contribution >= 4 is 11.9 Å². The van der Waals surface area contributed by atoms with Crippen molar-refractivity contribution in [2.24, 2.45) is 0 Å². The SMILES string of the molecule is CC(C)=CCC/C(C)=C/CC[C@]1(C)Oc2c(c(O)cc3c2CN([C@H](C(=O)O)c2ccc(O)cc2)C3=O)C[C@@H]1O. The summed E-state index contributed by atoms with van der Waals surface area (Å²) in [5.74, 6) is -1.58. The van der Waals surface area contributed by atoms with E-state index in [9.17, 15) is 30.0 Å². The molecule has 0 aliphatic carbocycles. The molecule has 0 aromatic heterocycles. The Kier molecular flexibility index (Phi) is 8.07. The summed E-state index contributed by atoms with van der Waals surface area (Å²) in [7, 11) is 0. The molecule has 3 atom stereocenters. The molecule has 0 saturated carbocycles. The molecule has 2 heterocycles. The third kappa shape index (κ3) is 5.81. The molecule has 4 N–H and O–H groups in total. The maximum absolute atomic E-state index is 13.4. The highest BCUT2D eigenvalue weighted by atomic mass is 16.5. The van der Waals surface area contributed by atoms with Crippen LogP contribution in [-0.4, -0.2) is 48.9 Å². The minimum Gasteiger partial charge on any atom is -0.508 e. The van der Waals surface area contributed by atoms with E-state index in [4.69, 9.17) is 4.74 Å². The molecule has 4 rings (SSSR count). The zero-order valence-corrected chi connectivity index (χ0v) is 22.9. The molecule has 2 aliphatic rings. The van der Waals surface area contributed by atoms with Gasteiger partial charge in [-0.3, -0.25) is 4.79 Å². The lowest BCUT2D eigenvalue weighted by Gasteiger charge is -2.41. The first-order valence-corrected chi connectivity index (χ1v) is 13.3. The summed E-state index contributed by atoms with van der Waals surface area (Å²) < 4.78 is 6.40. The zero-order valence-electron chi connectivity index (χ0n) is 22.9. The number of hydrogen-bond acceptors (Lipinski definition) is 6. The predicted molar refractivity (Wildman–Crippen MR) is 147 cm³/mol. The minimum absolute atomic E-state index is 0.0120. The zero-order chi connectivity index (χ0) is 28.5. The van der Waals surface area contributed by atoms with Gasteiger partial charge >= 0.3 is 5.97 Å². The van der Waals surface area contributed by atoms with E-state index in [-0.39, 0.29) is 30.0 Å². The molecular formula is C31H37NO7. The van der Waals surface area contributed by atoms with E-state index < -0.39 is 29.6 Å². The third-order valence-corrected chi connectivity index (χ3v) is 7.70. The van der Waals surface area contributed by atoms with Crippen molar-refractivity contribution in [1.82, 2.24) is 4.90 Å². The van der Waals surface area contributed by atoms with Crippen molar-refractivity contribution in [1.29, 1.82) is 0 Å². The van der Waals surface area contributed by atoms with Crippen LogP contribution in [0.2, 0.25) is 0 Å². The summed E-state index contributed by atoms with van der Waals surface area (Å²) in [5.41, 5.74) is 3.04. The van der Waals surface area contributed by atoms with Crippen LogP contribution in [0.4, 0.5) is 0 Å². The number of hydrogen-bond donors (Lipinski definition) is 4. The van der Waals surface area contributed by atoms with E-state index in [1.54, 1.807) is 0 Å². The number of carboxylic acid groups (broad SMARTS) is 1. The van der Waals surface area contributed by atoms with Crippen molar-refractivity contribution < 1.29 is 34.8 Å². The van der Waals surface area contributed by atoms with Gasteiger partial charge in [0.2, 0.25) is 0 Å². The Morgan fingerprint density at radius 1 is 1.13 bits per heavy atom. The fourth-order valence-corrected chi connectivity index (χ4v) is 5.34. The van der Waals surface area contributed by atoms with Gasteiger partial charge < -0.3 is 30.1 Å². The van der Waals surface area contributed by atoms with Gasteiger partial charge in [0.05, 0.1) is 18.2 Å². The Labute approximate surface area is 228 Å². The summed E-state index contributed by atoms with van der Waals surface area (Å²) in [6.07, 6.45) is 6.80. The lowest BCUT2D eigenvalue weighted by atomic mass is 9.84. The second-order valence-corrected chi connectivity index (χ2v) is 11.0. The van der Waals surface area contributed by atoms with E-state index in [0.29, 0.717) is 35.3 Å². The van der Waals surface area contributed by atoms with Gasteiger partial charge in [0.25, 0.3) is 5.91 Å². The van der Waals surface area contributed by atoms with E-state index in [0.717, 1.165) is 12.8 Å². The number of aliphatic carboxylic acids is 1. The number of carbonyl (C=O) groups is 2. The number of allylic oxidation sites excluding steroid dienone is 4. The van der Waals surface area contributed by atoms with Crippen LogP contribution in [-0.2, 0) is 17.8 Å². The van der Waals surface area contributed by atoms with Crippen molar-refractivity contribution in [3.63, 3.8) is 0 Å². The maximum atomic E-state index is 13.4.